The maximum absolute atomic E-state index is 13.0. The van der Waals surface area contributed by atoms with Crippen LogP contribution in [0.4, 0.5) is 11.5 Å². The maximum Gasteiger partial charge on any atom is 0.273 e. The minimum Gasteiger partial charge on any atom is -0.328 e. The summed E-state index contributed by atoms with van der Waals surface area (Å²) in [5.41, 5.74) is 0.565. The van der Waals surface area contributed by atoms with Crippen molar-refractivity contribution >= 4 is 62.2 Å². The molecule has 0 bridgehead atoms. The van der Waals surface area contributed by atoms with Crippen molar-refractivity contribution in [3.63, 3.8) is 0 Å². The van der Waals surface area contributed by atoms with Gasteiger partial charge >= 0.3 is 0 Å². The largest absolute Gasteiger partial charge is 0.328 e. The lowest BCUT2D eigenvalue weighted by atomic mass is 10.1. The summed E-state index contributed by atoms with van der Waals surface area (Å²) in [6.45, 7) is -0.0869. The molecule has 2 N–H and O–H groups in total. The van der Waals surface area contributed by atoms with E-state index in [-0.39, 0.29) is 34.1 Å². The average Bonchev–Trinajstić information content (AvgIpc) is 3.39. The number of aromatic nitrogens is 3. The van der Waals surface area contributed by atoms with Crippen molar-refractivity contribution in [1.29, 1.82) is 0 Å². The topological polar surface area (TPSA) is 135 Å². The Morgan fingerprint density at radius 1 is 0.974 bits per heavy atom. The first kappa shape index (κ1) is 27.0. The fourth-order valence-corrected chi connectivity index (χ4v) is 4.79. The van der Waals surface area contributed by atoms with Crippen LogP contribution in [0.5, 0.6) is 0 Å². The third kappa shape index (κ3) is 6.82. The fourth-order valence-electron chi connectivity index (χ4n) is 3.31. The molecule has 2 aromatic heterocycles. The number of rotatable bonds is 7. The first-order valence-electron chi connectivity index (χ1n) is 11.0. The molecule has 0 radical (unpaired) electrons. The Bertz CT molecular complexity index is 1610. The van der Waals surface area contributed by atoms with Gasteiger partial charge in [-0.15, -0.1) is 0 Å². The number of nitrogens with one attached hydrogen (secondary N) is 2. The molecule has 0 saturated heterocycles. The molecule has 4 aromatic rings. The number of benzene rings is 2. The Labute approximate surface area is 228 Å². The summed E-state index contributed by atoms with van der Waals surface area (Å²) < 4.78 is 18.4. The van der Waals surface area contributed by atoms with E-state index in [2.05, 4.69) is 25.0 Å². The van der Waals surface area contributed by atoms with Gasteiger partial charge in [0.05, 0.1) is 32.3 Å². The summed E-state index contributed by atoms with van der Waals surface area (Å²) in [5.74, 6) is -1.36. The summed E-state index contributed by atoms with van der Waals surface area (Å²) in [6, 6.07) is 13.4. The number of nitrogens with zero attached hydrogens (tertiary/aromatic N) is 4. The van der Waals surface area contributed by atoms with Gasteiger partial charge in [0.25, 0.3) is 17.7 Å². The number of halogens is 2. The van der Waals surface area contributed by atoms with Crippen LogP contribution in [0, 0.1) is 0 Å². The van der Waals surface area contributed by atoms with Gasteiger partial charge in [0.15, 0.2) is 0 Å². The zero-order valence-electron chi connectivity index (χ0n) is 19.8. The summed E-state index contributed by atoms with van der Waals surface area (Å²) in [5, 5.41) is 6.03. The SMILES string of the molecule is CS(=O)(=NC(=O)Cn1ccnc1)c1ccc(C(=O)Nc2ccc(Cl)cc2C(=O)Nc2ccc(Cl)cn2)cc1. The smallest absolute Gasteiger partial charge is 0.273 e. The Hall–Kier alpha value is -4.06. The third-order valence-corrected chi connectivity index (χ3v) is 7.31. The van der Waals surface area contributed by atoms with Gasteiger partial charge in [0.2, 0.25) is 0 Å². The lowest BCUT2D eigenvalue weighted by molar-refractivity contribution is -0.118. The van der Waals surface area contributed by atoms with E-state index in [1.807, 2.05) is 0 Å². The second-order valence-electron chi connectivity index (χ2n) is 8.01. The lowest BCUT2D eigenvalue weighted by Crippen LogP contribution is -2.19. The van der Waals surface area contributed by atoms with E-state index in [0.29, 0.717) is 10.0 Å². The predicted octanol–water partition coefficient (Wildman–Crippen LogP) is 4.77. The van der Waals surface area contributed by atoms with Gasteiger partial charge in [0, 0.05) is 40.3 Å². The van der Waals surface area contributed by atoms with E-state index in [4.69, 9.17) is 23.2 Å². The fraction of sp³-hybridized carbons (Fsp3) is 0.0800. The molecule has 1 atom stereocenters. The highest BCUT2D eigenvalue weighted by molar-refractivity contribution is 7.93. The molecule has 194 valence electrons. The van der Waals surface area contributed by atoms with Crippen molar-refractivity contribution in [2.24, 2.45) is 4.36 Å². The van der Waals surface area contributed by atoms with Gasteiger partial charge in [0.1, 0.15) is 12.4 Å². The second-order valence-corrected chi connectivity index (χ2v) is 11.1. The molecular weight excluding hydrogens is 551 g/mol. The van der Waals surface area contributed by atoms with Gasteiger partial charge in [-0.3, -0.25) is 14.4 Å². The van der Waals surface area contributed by atoms with Crippen molar-refractivity contribution in [2.45, 2.75) is 11.4 Å². The number of carbonyl (C=O) groups excluding carboxylic acids is 3. The Balaban J connectivity index is 1.49. The van der Waals surface area contributed by atoms with E-state index in [9.17, 15) is 18.6 Å². The number of anilines is 2. The highest BCUT2D eigenvalue weighted by Crippen LogP contribution is 2.23. The van der Waals surface area contributed by atoms with Crippen LogP contribution in [0.1, 0.15) is 20.7 Å². The van der Waals surface area contributed by atoms with Crippen LogP contribution < -0.4 is 10.6 Å². The van der Waals surface area contributed by atoms with Crippen LogP contribution in [0.3, 0.4) is 0 Å². The van der Waals surface area contributed by atoms with Crippen molar-refractivity contribution in [2.75, 3.05) is 16.9 Å². The van der Waals surface area contributed by atoms with Gasteiger partial charge in [-0.1, -0.05) is 23.2 Å². The first-order valence-corrected chi connectivity index (χ1v) is 13.6. The van der Waals surface area contributed by atoms with Crippen molar-refractivity contribution in [3.8, 4) is 0 Å². The minimum atomic E-state index is -3.04. The maximum atomic E-state index is 13.0. The molecule has 3 amide bonds. The lowest BCUT2D eigenvalue weighted by Gasteiger charge is -2.12. The van der Waals surface area contributed by atoms with Gasteiger partial charge in [-0.05, 0) is 54.6 Å². The number of imidazole rings is 1. The summed E-state index contributed by atoms with van der Waals surface area (Å²) in [4.78, 5) is 46.2. The third-order valence-electron chi connectivity index (χ3n) is 5.15. The molecule has 0 fully saturated rings. The highest BCUT2D eigenvalue weighted by Gasteiger charge is 2.17. The van der Waals surface area contributed by atoms with E-state index in [1.165, 1.54) is 78.1 Å². The van der Waals surface area contributed by atoms with Crippen molar-refractivity contribution in [3.05, 3.63) is 101 Å². The first-order chi connectivity index (χ1) is 18.1. The van der Waals surface area contributed by atoms with Gasteiger partial charge in [-0.2, -0.15) is 4.36 Å². The van der Waals surface area contributed by atoms with Crippen molar-refractivity contribution < 1.29 is 18.6 Å². The summed E-state index contributed by atoms with van der Waals surface area (Å²) in [6.07, 6.45) is 7.32. The molecule has 2 heterocycles. The molecule has 4 rings (SSSR count). The summed E-state index contributed by atoms with van der Waals surface area (Å²) >= 11 is 11.9. The number of carbonyl (C=O) groups is 3. The zero-order chi connectivity index (χ0) is 27.3. The molecule has 0 saturated carbocycles. The number of hydrogen-bond donors (Lipinski definition) is 2. The summed E-state index contributed by atoms with van der Waals surface area (Å²) in [7, 11) is -3.04. The zero-order valence-corrected chi connectivity index (χ0v) is 22.1. The molecule has 38 heavy (non-hydrogen) atoms. The average molecular weight is 571 g/mol. The quantitative estimate of drug-likeness (QED) is 0.328. The van der Waals surface area contributed by atoms with Crippen LogP contribution in [0.15, 0.2) is 88.8 Å². The van der Waals surface area contributed by atoms with Gasteiger partial charge in [-0.25, -0.2) is 14.2 Å². The van der Waals surface area contributed by atoms with Crippen LogP contribution in [0.25, 0.3) is 0 Å². The van der Waals surface area contributed by atoms with E-state index < -0.39 is 27.5 Å². The molecule has 1 unspecified atom stereocenters. The molecular formula is C25H20Cl2N6O4S. The molecule has 2 aromatic carbocycles. The standard InChI is InChI=1S/C25H20Cl2N6O4S/c1-38(37,32-23(34)14-33-11-10-28-15-33)19-6-2-16(3-7-19)24(35)30-21-8-4-17(26)12-20(21)25(36)31-22-9-5-18(27)13-29-22/h2-13,15H,14H2,1H3,(H,30,35)(H,29,31,36). The number of amides is 3. The molecule has 0 aliphatic heterocycles. The number of pyridine rings is 1. The molecule has 13 heteroatoms. The predicted molar refractivity (Wildman–Crippen MR) is 145 cm³/mol. The van der Waals surface area contributed by atoms with Crippen LogP contribution in [-0.4, -0.2) is 42.7 Å². The minimum absolute atomic E-state index is 0.0869. The number of hydrogen-bond acceptors (Lipinski definition) is 6. The molecule has 10 nitrogen and oxygen atoms in total. The van der Waals surface area contributed by atoms with Crippen LogP contribution in [-0.2, 0) is 21.1 Å². The van der Waals surface area contributed by atoms with Crippen molar-refractivity contribution in [1.82, 2.24) is 14.5 Å². The monoisotopic (exact) mass is 570 g/mol. The van der Waals surface area contributed by atoms with E-state index >= 15 is 0 Å². The Morgan fingerprint density at radius 3 is 2.37 bits per heavy atom. The second kappa shape index (κ2) is 11.5. The van der Waals surface area contributed by atoms with Gasteiger partial charge < -0.3 is 15.2 Å². The van der Waals surface area contributed by atoms with Crippen LogP contribution >= 0.6 is 23.2 Å². The Kier molecular flexibility index (Phi) is 8.20. The molecule has 0 aliphatic rings. The highest BCUT2D eigenvalue weighted by atomic mass is 35.5. The normalized spacial score (nSPS) is 12.3. The van der Waals surface area contributed by atoms with Crippen LogP contribution in [0.2, 0.25) is 10.0 Å². The molecule has 0 spiro atoms. The molecule has 0 aliphatic carbocycles. The van der Waals surface area contributed by atoms with E-state index in [1.54, 1.807) is 12.3 Å². The van der Waals surface area contributed by atoms with E-state index in [0.717, 1.165) is 0 Å². The Morgan fingerprint density at radius 2 is 1.71 bits per heavy atom.